The second kappa shape index (κ2) is 8.13. The van der Waals surface area contributed by atoms with E-state index in [0.29, 0.717) is 5.75 Å². The van der Waals surface area contributed by atoms with Crippen molar-refractivity contribution in [3.8, 4) is 29.1 Å². The quantitative estimate of drug-likeness (QED) is 0.754. The van der Waals surface area contributed by atoms with E-state index in [1.54, 1.807) is 18.2 Å². The number of ether oxygens (including phenoxy) is 3. The van der Waals surface area contributed by atoms with E-state index >= 15 is 0 Å². The average Bonchev–Trinajstić information content (AvgIpc) is 2.99. The maximum Gasteiger partial charge on any atom is 0.245 e. The number of hydrogen-bond acceptors (Lipinski definition) is 5. The summed E-state index contributed by atoms with van der Waals surface area (Å²) in [5.41, 5.74) is 0.865. The first-order chi connectivity index (χ1) is 13.3. The molecule has 0 unspecified atom stereocenters. The number of para-hydroxylation sites is 2. The summed E-state index contributed by atoms with van der Waals surface area (Å²) in [6.45, 7) is 4.17. The Labute approximate surface area is 165 Å². The molecule has 0 bridgehead atoms. The molecule has 0 aromatic heterocycles. The lowest BCUT2D eigenvalue weighted by molar-refractivity contribution is 0.133. The molecule has 0 radical (unpaired) electrons. The molecular weight excluding hydrogens is 378 g/mol. The normalized spacial score (nSPS) is 14.4. The topological polar surface area (TPSA) is 73.9 Å². The van der Waals surface area contributed by atoms with E-state index in [-0.39, 0.29) is 29.4 Å². The maximum absolute atomic E-state index is 12.3. The molecule has 0 saturated heterocycles. The van der Waals surface area contributed by atoms with Gasteiger partial charge in [0.05, 0.1) is 13.7 Å². The zero-order chi connectivity index (χ0) is 20.2. The molecule has 148 valence electrons. The zero-order valence-corrected chi connectivity index (χ0v) is 16.9. The van der Waals surface area contributed by atoms with Crippen molar-refractivity contribution in [1.29, 1.82) is 0 Å². The molecule has 1 N–H and O–H groups in total. The van der Waals surface area contributed by atoms with Crippen molar-refractivity contribution in [2.75, 3.05) is 20.3 Å². The van der Waals surface area contributed by atoms with Crippen LogP contribution in [0.5, 0.6) is 17.2 Å². The fourth-order valence-electron chi connectivity index (χ4n) is 2.98. The van der Waals surface area contributed by atoms with Crippen LogP contribution in [0, 0.1) is 11.8 Å². The molecule has 0 spiro atoms. The fourth-order valence-corrected chi connectivity index (χ4v) is 4.07. The van der Waals surface area contributed by atoms with E-state index in [1.165, 1.54) is 13.2 Å². The van der Waals surface area contributed by atoms with Gasteiger partial charge in [0.2, 0.25) is 10.0 Å². The third kappa shape index (κ3) is 4.58. The molecule has 1 aliphatic heterocycles. The minimum Gasteiger partial charge on any atom is -0.495 e. The SMILES string of the molecule is COc1ccccc1S(=O)(=O)NCC#CCOc1cccc2c1OC(C)(C)C2. The van der Waals surface area contributed by atoms with Gasteiger partial charge >= 0.3 is 0 Å². The number of rotatable bonds is 6. The van der Waals surface area contributed by atoms with Crippen LogP contribution in [-0.2, 0) is 16.4 Å². The van der Waals surface area contributed by atoms with Crippen LogP contribution in [0.1, 0.15) is 19.4 Å². The molecule has 0 saturated carbocycles. The maximum atomic E-state index is 12.3. The van der Waals surface area contributed by atoms with E-state index in [9.17, 15) is 8.42 Å². The molecule has 28 heavy (non-hydrogen) atoms. The van der Waals surface area contributed by atoms with Gasteiger partial charge in [-0.3, -0.25) is 0 Å². The van der Waals surface area contributed by atoms with Crippen LogP contribution < -0.4 is 18.9 Å². The third-order valence-corrected chi connectivity index (χ3v) is 5.63. The number of sulfonamides is 1. The highest BCUT2D eigenvalue weighted by atomic mass is 32.2. The summed E-state index contributed by atoms with van der Waals surface area (Å²) in [6.07, 6.45) is 0.829. The number of benzene rings is 2. The first kappa shape index (κ1) is 20.1. The van der Waals surface area contributed by atoms with Gasteiger partial charge in [0.1, 0.15) is 22.9 Å². The van der Waals surface area contributed by atoms with Crippen molar-refractivity contribution in [2.45, 2.75) is 30.8 Å². The second-order valence-corrected chi connectivity index (χ2v) is 8.64. The van der Waals surface area contributed by atoms with Crippen molar-refractivity contribution in [3.63, 3.8) is 0 Å². The molecule has 2 aromatic rings. The second-order valence-electron chi connectivity index (χ2n) is 6.90. The van der Waals surface area contributed by atoms with Gasteiger partial charge in [0.25, 0.3) is 0 Å². The van der Waals surface area contributed by atoms with Crippen LogP contribution >= 0.6 is 0 Å². The van der Waals surface area contributed by atoms with E-state index in [1.807, 2.05) is 32.0 Å². The summed E-state index contributed by atoms with van der Waals surface area (Å²) >= 11 is 0. The third-order valence-electron chi connectivity index (χ3n) is 4.19. The Kier molecular flexibility index (Phi) is 5.82. The largest absolute Gasteiger partial charge is 0.495 e. The number of fused-ring (bicyclic) bond motifs is 1. The Hall–Kier alpha value is -2.69. The van der Waals surface area contributed by atoms with Crippen molar-refractivity contribution < 1.29 is 22.6 Å². The summed E-state index contributed by atoms with van der Waals surface area (Å²) < 4.78 is 43.9. The highest BCUT2D eigenvalue weighted by Crippen LogP contribution is 2.41. The van der Waals surface area contributed by atoms with Gasteiger partial charge in [-0.2, -0.15) is 4.72 Å². The Balaban J connectivity index is 1.55. The van der Waals surface area contributed by atoms with Crippen molar-refractivity contribution in [3.05, 3.63) is 48.0 Å². The smallest absolute Gasteiger partial charge is 0.245 e. The molecule has 7 heteroatoms. The lowest BCUT2D eigenvalue weighted by atomic mass is 10.0. The Morgan fingerprint density at radius 1 is 1.11 bits per heavy atom. The standard InChI is InChI=1S/C21H23NO5S/c1-21(2)15-16-9-8-11-18(20(16)27-21)26-14-7-6-13-22-28(23,24)19-12-5-4-10-17(19)25-3/h4-5,8-12,22H,13-15H2,1-3H3. The molecule has 1 heterocycles. The van der Waals surface area contributed by atoms with E-state index < -0.39 is 10.0 Å². The molecule has 3 rings (SSSR count). The monoisotopic (exact) mass is 401 g/mol. The highest BCUT2D eigenvalue weighted by molar-refractivity contribution is 7.89. The van der Waals surface area contributed by atoms with Crippen LogP contribution in [0.2, 0.25) is 0 Å². The Bertz CT molecular complexity index is 1020. The van der Waals surface area contributed by atoms with Crippen molar-refractivity contribution in [2.24, 2.45) is 0 Å². The van der Waals surface area contributed by atoms with E-state index in [2.05, 4.69) is 16.6 Å². The van der Waals surface area contributed by atoms with E-state index in [4.69, 9.17) is 14.2 Å². The highest BCUT2D eigenvalue weighted by Gasteiger charge is 2.32. The van der Waals surface area contributed by atoms with Crippen LogP contribution in [0.25, 0.3) is 0 Å². The zero-order valence-electron chi connectivity index (χ0n) is 16.1. The van der Waals surface area contributed by atoms with Crippen LogP contribution in [0.15, 0.2) is 47.4 Å². The molecule has 6 nitrogen and oxygen atoms in total. The fraction of sp³-hybridized carbons (Fsp3) is 0.333. The first-order valence-electron chi connectivity index (χ1n) is 8.84. The molecular formula is C21H23NO5S. The van der Waals surface area contributed by atoms with Gasteiger partial charge < -0.3 is 14.2 Å². The molecule has 0 fully saturated rings. The molecule has 1 aliphatic rings. The predicted octanol–water partition coefficient (Wildman–Crippen LogP) is 2.77. The molecule has 2 aromatic carbocycles. The molecule has 0 aliphatic carbocycles. The van der Waals surface area contributed by atoms with Crippen molar-refractivity contribution in [1.82, 2.24) is 4.72 Å². The van der Waals surface area contributed by atoms with Crippen LogP contribution in [0.3, 0.4) is 0 Å². The minimum absolute atomic E-state index is 0.0276. The van der Waals surface area contributed by atoms with E-state index in [0.717, 1.165) is 17.7 Å². The van der Waals surface area contributed by atoms with Gasteiger partial charge in [0.15, 0.2) is 11.5 Å². The summed E-state index contributed by atoms with van der Waals surface area (Å²) in [5, 5.41) is 0. The van der Waals surface area contributed by atoms with Gasteiger partial charge in [-0.1, -0.05) is 36.1 Å². The van der Waals surface area contributed by atoms with Gasteiger partial charge in [-0.05, 0) is 32.0 Å². The number of nitrogens with one attached hydrogen (secondary N) is 1. The van der Waals surface area contributed by atoms with Crippen molar-refractivity contribution >= 4 is 10.0 Å². The van der Waals surface area contributed by atoms with Gasteiger partial charge in [0, 0.05) is 12.0 Å². The summed E-state index contributed by atoms with van der Waals surface area (Å²) in [5.74, 6) is 7.25. The Morgan fingerprint density at radius 2 is 1.86 bits per heavy atom. The Morgan fingerprint density at radius 3 is 2.64 bits per heavy atom. The summed E-state index contributed by atoms with van der Waals surface area (Å²) in [6, 6.07) is 12.2. The lowest BCUT2D eigenvalue weighted by Gasteiger charge is -2.17. The predicted molar refractivity (Wildman–Crippen MR) is 106 cm³/mol. The van der Waals surface area contributed by atoms with Crippen LogP contribution in [-0.4, -0.2) is 34.3 Å². The summed E-state index contributed by atoms with van der Waals surface area (Å²) in [4.78, 5) is 0.0789. The minimum atomic E-state index is -3.70. The average molecular weight is 401 g/mol. The lowest BCUT2D eigenvalue weighted by Crippen LogP contribution is -2.24. The number of hydrogen-bond donors (Lipinski definition) is 1. The first-order valence-corrected chi connectivity index (χ1v) is 10.3. The number of methoxy groups -OCH3 is 1. The summed E-state index contributed by atoms with van der Waals surface area (Å²) in [7, 11) is -2.27. The van der Waals surface area contributed by atoms with Gasteiger partial charge in [-0.15, -0.1) is 0 Å². The molecule has 0 amide bonds. The van der Waals surface area contributed by atoms with Gasteiger partial charge in [-0.25, -0.2) is 8.42 Å². The van der Waals surface area contributed by atoms with Crippen LogP contribution in [0.4, 0.5) is 0 Å². The molecule has 0 atom stereocenters.